The molecule has 0 aliphatic rings. The third-order valence-corrected chi connectivity index (χ3v) is 2.73. The fourth-order valence-electron chi connectivity index (χ4n) is 1.29. The summed E-state index contributed by atoms with van der Waals surface area (Å²) in [4.78, 5) is 5.30. The lowest BCUT2D eigenvalue weighted by molar-refractivity contribution is 0.565. The highest BCUT2D eigenvalue weighted by Gasteiger charge is 2.21. The van der Waals surface area contributed by atoms with Crippen LogP contribution >= 0.6 is 11.8 Å². The van der Waals surface area contributed by atoms with Gasteiger partial charge in [-0.25, -0.2) is 0 Å². The molecule has 0 amide bonds. The first-order chi connectivity index (χ1) is 6.50. The van der Waals surface area contributed by atoms with Crippen molar-refractivity contribution in [2.75, 3.05) is 6.26 Å². The maximum Gasteiger partial charge on any atom is 0.102 e. The molecule has 0 atom stereocenters. The number of pyridine rings is 1. The van der Waals surface area contributed by atoms with Crippen LogP contribution in [0.4, 0.5) is 0 Å². The SMILES string of the molecule is CSc1ccnc(C(C)(C)C)c1C#N. The smallest absolute Gasteiger partial charge is 0.102 e. The Morgan fingerprint density at radius 1 is 1.43 bits per heavy atom. The Hall–Kier alpha value is -1.01. The maximum absolute atomic E-state index is 9.09. The van der Waals surface area contributed by atoms with Crippen molar-refractivity contribution >= 4 is 11.8 Å². The average Bonchev–Trinajstić information content (AvgIpc) is 2.15. The summed E-state index contributed by atoms with van der Waals surface area (Å²) in [6.07, 6.45) is 3.75. The molecule has 0 spiro atoms. The van der Waals surface area contributed by atoms with Gasteiger partial charge in [0.15, 0.2) is 0 Å². The van der Waals surface area contributed by atoms with Gasteiger partial charge in [-0.15, -0.1) is 11.8 Å². The summed E-state index contributed by atoms with van der Waals surface area (Å²) in [6, 6.07) is 4.13. The van der Waals surface area contributed by atoms with E-state index in [4.69, 9.17) is 5.26 Å². The Morgan fingerprint density at radius 2 is 2.07 bits per heavy atom. The molecule has 1 heterocycles. The molecular formula is C11H14N2S. The maximum atomic E-state index is 9.09. The van der Waals surface area contributed by atoms with Crippen LogP contribution in [0.2, 0.25) is 0 Å². The van der Waals surface area contributed by atoms with Gasteiger partial charge in [-0.1, -0.05) is 20.8 Å². The minimum absolute atomic E-state index is 0.0726. The second kappa shape index (κ2) is 4.02. The Bertz CT molecular complexity index is 372. The van der Waals surface area contributed by atoms with Crippen molar-refractivity contribution in [1.82, 2.24) is 4.98 Å². The zero-order valence-electron chi connectivity index (χ0n) is 8.96. The molecule has 0 fully saturated rings. The van der Waals surface area contributed by atoms with Crippen LogP contribution in [0.1, 0.15) is 32.0 Å². The first kappa shape index (κ1) is 11.1. The van der Waals surface area contributed by atoms with Crippen molar-refractivity contribution in [3.05, 3.63) is 23.5 Å². The highest BCUT2D eigenvalue weighted by atomic mass is 32.2. The van der Waals surface area contributed by atoms with Crippen LogP contribution in [-0.4, -0.2) is 11.2 Å². The van der Waals surface area contributed by atoms with Gasteiger partial charge in [0.25, 0.3) is 0 Å². The molecule has 1 aromatic heterocycles. The van der Waals surface area contributed by atoms with Crippen molar-refractivity contribution < 1.29 is 0 Å². The van der Waals surface area contributed by atoms with Gasteiger partial charge in [0.2, 0.25) is 0 Å². The van der Waals surface area contributed by atoms with Crippen LogP contribution in [0.5, 0.6) is 0 Å². The largest absolute Gasteiger partial charge is 0.259 e. The number of rotatable bonds is 1. The summed E-state index contributed by atoms with van der Waals surface area (Å²) in [5, 5.41) is 9.09. The molecule has 3 heteroatoms. The van der Waals surface area contributed by atoms with E-state index in [0.717, 1.165) is 10.6 Å². The summed E-state index contributed by atoms with van der Waals surface area (Å²) in [5.74, 6) is 0. The minimum Gasteiger partial charge on any atom is -0.259 e. The number of aromatic nitrogens is 1. The predicted molar refractivity (Wildman–Crippen MR) is 59.4 cm³/mol. The number of thioether (sulfide) groups is 1. The Labute approximate surface area is 89.4 Å². The molecule has 0 saturated carbocycles. The van der Waals surface area contributed by atoms with E-state index in [-0.39, 0.29) is 5.41 Å². The van der Waals surface area contributed by atoms with E-state index in [2.05, 4.69) is 31.8 Å². The summed E-state index contributed by atoms with van der Waals surface area (Å²) in [5.41, 5.74) is 1.52. The lowest BCUT2D eigenvalue weighted by Crippen LogP contribution is -2.16. The molecule has 14 heavy (non-hydrogen) atoms. The molecule has 74 valence electrons. The van der Waals surface area contributed by atoms with Crippen molar-refractivity contribution in [2.45, 2.75) is 31.1 Å². The standard InChI is InChI=1S/C11H14N2S/c1-11(2,3)10-8(7-12)9(14-4)5-6-13-10/h5-6H,1-4H3. The van der Waals surface area contributed by atoms with E-state index >= 15 is 0 Å². The van der Waals surface area contributed by atoms with Gasteiger partial charge in [-0.3, -0.25) is 4.98 Å². The molecule has 0 unspecified atom stereocenters. The molecule has 0 bridgehead atoms. The molecule has 0 radical (unpaired) electrons. The topological polar surface area (TPSA) is 36.7 Å². The fraction of sp³-hybridized carbons (Fsp3) is 0.455. The summed E-state index contributed by atoms with van der Waals surface area (Å²) >= 11 is 1.59. The van der Waals surface area contributed by atoms with Crippen LogP contribution in [-0.2, 0) is 5.41 Å². The van der Waals surface area contributed by atoms with Crippen LogP contribution in [0.25, 0.3) is 0 Å². The zero-order chi connectivity index (χ0) is 10.8. The van der Waals surface area contributed by atoms with Gasteiger partial charge in [0.05, 0.1) is 11.3 Å². The van der Waals surface area contributed by atoms with Crippen LogP contribution < -0.4 is 0 Å². The fourth-order valence-corrected chi connectivity index (χ4v) is 1.83. The third-order valence-electron chi connectivity index (χ3n) is 1.95. The highest BCUT2D eigenvalue weighted by Crippen LogP contribution is 2.29. The van der Waals surface area contributed by atoms with Crippen LogP contribution in [0.3, 0.4) is 0 Å². The Balaban J connectivity index is 3.39. The average molecular weight is 206 g/mol. The number of hydrogen-bond acceptors (Lipinski definition) is 3. The molecular weight excluding hydrogens is 192 g/mol. The quantitative estimate of drug-likeness (QED) is 0.663. The van der Waals surface area contributed by atoms with Crippen molar-refractivity contribution in [3.8, 4) is 6.07 Å². The minimum atomic E-state index is -0.0726. The number of hydrogen-bond donors (Lipinski definition) is 0. The molecule has 0 N–H and O–H groups in total. The van der Waals surface area contributed by atoms with E-state index in [9.17, 15) is 0 Å². The molecule has 0 aliphatic heterocycles. The van der Waals surface area contributed by atoms with Crippen LogP contribution in [0.15, 0.2) is 17.2 Å². The normalized spacial score (nSPS) is 11.1. The summed E-state index contributed by atoms with van der Waals surface area (Å²) in [6.45, 7) is 6.21. The van der Waals surface area contributed by atoms with Crippen molar-refractivity contribution in [3.63, 3.8) is 0 Å². The molecule has 0 saturated heterocycles. The van der Waals surface area contributed by atoms with Crippen LogP contribution in [0, 0.1) is 11.3 Å². The third kappa shape index (κ3) is 2.08. The number of nitriles is 1. The highest BCUT2D eigenvalue weighted by molar-refractivity contribution is 7.98. The van der Waals surface area contributed by atoms with Gasteiger partial charge in [0.1, 0.15) is 6.07 Å². The van der Waals surface area contributed by atoms with Crippen molar-refractivity contribution in [2.24, 2.45) is 0 Å². The first-order valence-corrected chi connectivity index (χ1v) is 5.66. The van der Waals surface area contributed by atoms with Gasteiger partial charge in [-0.05, 0) is 12.3 Å². The van der Waals surface area contributed by atoms with E-state index in [0.29, 0.717) is 5.56 Å². The van der Waals surface area contributed by atoms with Gasteiger partial charge in [0, 0.05) is 16.5 Å². The summed E-state index contributed by atoms with van der Waals surface area (Å²) < 4.78 is 0. The number of nitrogens with zero attached hydrogens (tertiary/aromatic N) is 2. The lowest BCUT2D eigenvalue weighted by Gasteiger charge is -2.19. The molecule has 0 aliphatic carbocycles. The summed E-state index contributed by atoms with van der Waals surface area (Å²) in [7, 11) is 0. The van der Waals surface area contributed by atoms with E-state index in [1.165, 1.54) is 0 Å². The van der Waals surface area contributed by atoms with E-state index in [1.807, 2.05) is 12.3 Å². The second-order valence-corrected chi connectivity index (χ2v) is 4.95. The van der Waals surface area contributed by atoms with E-state index in [1.54, 1.807) is 18.0 Å². The Kier molecular flexibility index (Phi) is 3.17. The lowest BCUT2D eigenvalue weighted by atomic mass is 9.89. The van der Waals surface area contributed by atoms with Crippen molar-refractivity contribution in [1.29, 1.82) is 5.26 Å². The van der Waals surface area contributed by atoms with Gasteiger partial charge >= 0.3 is 0 Å². The van der Waals surface area contributed by atoms with Gasteiger partial charge < -0.3 is 0 Å². The zero-order valence-corrected chi connectivity index (χ0v) is 9.77. The second-order valence-electron chi connectivity index (χ2n) is 4.10. The molecule has 0 aromatic carbocycles. The first-order valence-electron chi connectivity index (χ1n) is 4.44. The monoisotopic (exact) mass is 206 g/mol. The molecule has 2 nitrogen and oxygen atoms in total. The van der Waals surface area contributed by atoms with Gasteiger partial charge in [-0.2, -0.15) is 5.26 Å². The van der Waals surface area contributed by atoms with E-state index < -0.39 is 0 Å². The molecule has 1 rings (SSSR count). The Morgan fingerprint density at radius 3 is 2.50 bits per heavy atom. The predicted octanol–water partition coefficient (Wildman–Crippen LogP) is 2.97. The molecule has 1 aromatic rings.